The van der Waals surface area contributed by atoms with Crippen molar-refractivity contribution in [3.8, 4) is 28.6 Å². The molecule has 0 saturated heterocycles. The second-order valence-electron chi connectivity index (χ2n) is 7.60. The van der Waals surface area contributed by atoms with Crippen LogP contribution in [0.1, 0.15) is 17.3 Å². The third-order valence-corrected chi connectivity index (χ3v) is 6.23. The van der Waals surface area contributed by atoms with Crippen LogP contribution in [-0.2, 0) is 12.2 Å². The van der Waals surface area contributed by atoms with Gasteiger partial charge >= 0.3 is 0 Å². The largest absolute Gasteiger partial charge is 0.454 e. The minimum absolute atomic E-state index is 0.224. The van der Waals surface area contributed by atoms with Gasteiger partial charge in [-0.15, -0.1) is 10.2 Å². The molecule has 0 spiro atoms. The van der Waals surface area contributed by atoms with Gasteiger partial charge in [0.25, 0.3) is 0 Å². The number of para-hydroxylation sites is 1. The predicted molar refractivity (Wildman–Crippen MR) is 126 cm³/mol. The molecule has 0 bridgehead atoms. The Kier molecular flexibility index (Phi) is 5.44. The van der Waals surface area contributed by atoms with Gasteiger partial charge < -0.3 is 14.0 Å². The average Bonchev–Trinajstić information content (AvgIpc) is 3.63. The van der Waals surface area contributed by atoms with Crippen molar-refractivity contribution in [2.24, 2.45) is 0 Å². The Labute approximate surface area is 199 Å². The van der Waals surface area contributed by atoms with Gasteiger partial charge in [-0.3, -0.25) is 4.57 Å². The monoisotopic (exact) mass is 469 g/mol. The summed E-state index contributed by atoms with van der Waals surface area (Å²) in [5.41, 5.74) is 2.98. The molecule has 5 aromatic rings. The molecule has 168 valence electrons. The summed E-state index contributed by atoms with van der Waals surface area (Å²) in [4.78, 5) is 4.54. The van der Waals surface area contributed by atoms with Crippen LogP contribution in [0.15, 0.2) is 88.5 Å². The number of ether oxygens (including phenoxy) is 2. The topological polar surface area (TPSA) is 88.1 Å². The van der Waals surface area contributed by atoms with Gasteiger partial charge in [-0.05, 0) is 35.9 Å². The molecule has 0 atom stereocenters. The summed E-state index contributed by atoms with van der Waals surface area (Å²) in [6, 6.07) is 25.9. The molecule has 8 nitrogen and oxygen atoms in total. The fourth-order valence-electron chi connectivity index (χ4n) is 3.72. The summed E-state index contributed by atoms with van der Waals surface area (Å²) in [5.74, 6) is 3.82. The third-order valence-electron chi connectivity index (χ3n) is 5.32. The summed E-state index contributed by atoms with van der Waals surface area (Å²) in [6.45, 7) is 0.224. The first-order valence-corrected chi connectivity index (χ1v) is 11.7. The van der Waals surface area contributed by atoms with Gasteiger partial charge in [0, 0.05) is 17.7 Å². The molecular formula is C25H19N5O3S. The van der Waals surface area contributed by atoms with Crippen LogP contribution in [0.25, 0.3) is 17.1 Å². The molecule has 0 amide bonds. The highest BCUT2D eigenvalue weighted by molar-refractivity contribution is 7.98. The van der Waals surface area contributed by atoms with Gasteiger partial charge in [0.2, 0.25) is 12.7 Å². The minimum Gasteiger partial charge on any atom is -0.454 e. The number of benzene rings is 3. The van der Waals surface area contributed by atoms with Crippen LogP contribution < -0.4 is 9.47 Å². The van der Waals surface area contributed by atoms with E-state index >= 15 is 0 Å². The lowest BCUT2D eigenvalue weighted by atomic mass is 10.1. The number of hydrogen-bond acceptors (Lipinski definition) is 8. The molecule has 0 radical (unpaired) electrons. The summed E-state index contributed by atoms with van der Waals surface area (Å²) in [5, 5.41) is 13.8. The molecule has 6 rings (SSSR count). The lowest BCUT2D eigenvalue weighted by Gasteiger charge is -2.10. The first kappa shape index (κ1) is 20.5. The van der Waals surface area contributed by atoms with E-state index in [2.05, 4.69) is 20.3 Å². The summed E-state index contributed by atoms with van der Waals surface area (Å²) in [6.07, 6.45) is 0.628. The van der Waals surface area contributed by atoms with Crippen molar-refractivity contribution in [3.05, 3.63) is 96.1 Å². The SMILES string of the molecule is c1ccc(Cc2noc(CSc3nnc(-c4ccc5c(c4)OCO5)n3-c3ccccc3)n2)cc1. The number of thioether (sulfide) groups is 1. The Morgan fingerprint density at radius 2 is 1.65 bits per heavy atom. The molecule has 34 heavy (non-hydrogen) atoms. The van der Waals surface area contributed by atoms with E-state index in [1.807, 2.05) is 83.4 Å². The molecule has 0 fully saturated rings. The zero-order valence-corrected chi connectivity index (χ0v) is 18.8. The van der Waals surface area contributed by atoms with Crippen LogP contribution in [0, 0.1) is 0 Å². The zero-order chi connectivity index (χ0) is 22.7. The van der Waals surface area contributed by atoms with Crippen LogP contribution in [0.4, 0.5) is 0 Å². The van der Waals surface area contributed by atoms with Crippen LogP contribution in [0.2, 0.25) is 0 Å². The number of aromatic nitrogens is 5. The van der Waals surface area contributed by atoms with E-state index in [1.165, 1.54) is 11.8 Å². The predicted octanol–water partition coefficient (Wildman–Crippen LogP) is 4.93. The Morgan fingerprint density at radius 3 is 2.50 bits per heavy atom. The van der Waals surface area contributed by atoms with Crippen molar-refractivity contribution >= 4 is 11.8 Å². The molecule has 0 unspecified atom stereocenters. The standard InChI is InChI=1S/C25H19N5O3S/c1-3-7-17(8-4-1)13-22-26-23(33-29-22)15-34-25-28-27-24(30(25)19-9-5-2-6-10-19)18-11-12-20-21(14-18)32-16-31-20/h1-12,14H,13,15-16H2. The maximum atomic E-state index is 5.55. The lowest BCUT2D eigenvalue weighted by molar-refractivity contribution is 0.174. The lowest BCUT2D eigenvalue weighted by Crippen LogP contribution is -1.99. The van der Waals surface area contributed by atoms with Crippen molar-refractivity contribution in [2.75, 3.05) is 6.79 Å². The Hall–Kier alpha value is -4.11. The molecule has 0 saturated carbocycles. The van der Waals surface area contributed by atoms with E-state index in [0.29, 0.717) is 35.5 Å². The highest BCUT2D eigenvalue weighted by Gasteiger charge is 2.20. The minimum atomic E-state index is 0.224. The van der Waals surface area contributed by atoms with Crippen LogP contribution in [0.3, 0.4) is 0 Å². The van der Waals surface area contributed by atoms with E-state index in [4.69, 9.17) is 14.0 Å². The molecule has 2 aromatic heterocycles. The molecule has 0 aliphatic carbocycles. The maximum absolute atomic E-state index is 5.55. The van der Waals surface area contributed by atoms with Gasteiger partial charge in [0.15, 0.2) is 28.3 Å². The molecule has 1 aliphatic heterocycles. The fourth-order valence-corrected chi connectivity index (χ4v) is 4.51. The van der Waals surface area contributed by atoms with Crippen LogP contribution in [-0.4, -0.2) is 31.7 Å². The first-order chi connectivity index (χ1) is 16.8. The van der Waals surface area contributed by atoms with Gasteiger partial charge in [-0.1, -0.05) is 65.4 Å². The van der Waals surface area contributed by atoms with E-state index in [1.54, 1.807) is 0 Å². The number of rotatable bonds is 7. The van der Waals surface area contributed by atoms with Crippen molar-refractivity contribution in [1.29, 1.82) is 0 Å². The molecule has 3 heterocycles. The van der Waals surface area contributed by atoms with Crippen molar-refractivity contribution in [1.82, 2.24) is 24.9 Å². The maximum Gasteiger partial charge on any atom is 0.237 e. The van der Waals surface area contributed by atoms with E-state index in [9.17, 15) is 0 Å². The highest BCUT2D eigenvalue weighted by Crippen LogP contribution is 2.37. The second-order valence-corrected chi connectivity index (χ2v) is 8.54. The van der Waals surface area contributed by atoms with E-state index in [-0.39, 0.29) is 6.79 Å². The quantitative estimate of drug-likeness (QED) is 0.310. The smallest absolute Gasteiger partial charge is 0.237 e. The molecule has 0 N–H and O–H groups in total. The molecular weight excluding hydrogens is 450 g/mol. The van der Waals surface area contributed by atoms with E-state index in [0.717, 1.165) is 27.7 Å². The Balaban J connectivity index is 1.27. The molecule has 1 aliphatic rings. The Morgan fingerprint density at radius 1 is 0.853 bits per heavy atom. The van der Waals surface area contributed by atoms with Crippen molar-refractivity contribution < 1.29 is 14.0 Å². The zero-order valence-electron chi connectivity index (χ0n) is 18.0. The summed E-state index contributed by atoms with van der Waals surface area (Å²) >= 11 is 1.49. The summed E-state index contributed by atoms with van der Waals surface area (Å²) in [7, 11) is 0. The Bertz CT molecular complexity index is 1420. The van der Waals surface area contributed by atoms with Gasteiger partial charge in [-0.25, -0.2) is 0 Å². The van der Waals surface area contributed by atoms with Crippen LogP contribution >= 0.6 is 11.8 Å². The highest BCUT2D eigenvalue weighted by atomic mass is 32.2. The first-order valence-electron chi connectivity index (χ1n) is 10.7. The van der Waals surface area contributed by atoms with Crippen LogP contribution in [0.5, 0.6) is 11.5 Å². The normalized spacial score (nSPS) is 12.2. The fraction of sp³-hybridized carbons (Fsp3) is 0.120. The molecule has 3 aromatic carbocycles. The van der Waals surface area contributed by atoms with Gasteiger partial charge in [0.1, 0.15) is 0 Å². The number of fused-ring (bicyclic) bond motifs is 1. The molecule has 9 heteroatoms. The van der Waals surface area contributed by atoms with Gasteiger partial charge in [0.05, 0.1) is 5.75 Å². The summed E-state index contributed by atoms with van der Waals surface area (Å²) < 4.78 is 18.5. The van der Waals surface area contributed by atoms with Crippen molar-refractivity contribution in [2.45, 2.75) is 17.3 Å². The number of hydrogen-bond donors (Lipinski definition) is 0. The second kappa shape index (κ2) is 9.03. The third kappa shape index (κ3) is 4.13. The van der Waals surface area contributed by atoms with Crippen molar-refractivity contribution in [3.63, 3.8) is 0 Å². The average molecular weight is 470 g/mol. The number of nitrogens with zero attached hydrogens (tertiary/aromatic N) is 5. The van der Waals surface area contributed by atoms with E-state index < -0.39 is 0 Å². The van der Waals surface area contributed by atoms with Gasteiger partial charge in [-0.2, -0.15) is 4.98 Å².